The zero-order valence-electron chi connectivity index (χ0n) is 19.7. The summed E-state index contributed by atoms with van der Waals surface area (Å²) < 4.78 is 0. The Balaban J connectivity index is 1.74. The van der Waals surface area contributed by atoms with Crippen LogP contribution in [0.4, 0.5) is 11.4 Å². The van der Waals surface area contributed by atoms with Crippen LogP contribution in [0.15, 0.2) is 115 Å². The van der Waals surface area contributed by atoms with E-state index in [-0.39, 0.29) is 11.4 Å². The van der Waals surface area contributed by atoms with E-state index >= 15 is 0 Å². The van der Waals surface area contributed by atoms with Gasteiger partial charge in [-0.1, -0.05) is 72.8 Å². The van der Waals surface area contributed by atoms with E-state index in [9.17, 15) is 20.2 Å². The van der Waals surface area contributed by atoms with Crippen LogP contribution in [0.1, 0.15) is 11.1 Å². The van der Waals surface area contributed by atoms with Gasteiger partial charge in [-0.15, -0.1) is 0 Å². The summed E-state index contributed by atoms with van der Waals surface area (Å²) in [6.07, 6.45) is 0.469. The van der Waals surface area contributed by atoms with Crippen molar-refractivity contribution in [2.24, 2.45) is 0 Å². The van der Waals surface area contributed by atoms with Crippen LogP contribution in [0.2, 0.25) is 0 Å². The molecule has 0 bridgehead atoms. The lowest BCUT2D eigenvalue weighted by atomic mass is 9.90. The third-order valence-corrected chi connectivity index (χ3v) is 6.16. The average molecular weight is 488 g/mol. The normalized spacial score (nSPS) is 10.7. The van der Waals surface area contributed by atoms with Crippen molar-refractivity contribution in [3.8, 4) is 33.6 Å². The molecule has 0 radical (unpaired) electrons. The number of nitrogens with zero attached hydrogens (tertiary/aromatic N) is 3. The summed E-state index contributed by atoms with van der Waals surface area (Å²) in [6.45, 7) is 0. The van der Waals surface area contributed by atoms with Crippen LogP contribution in [-0.4, -0.2) is 14.8 Å². The Labute approximate surface area is 213 Å². The molecule has 5 aromatic rings. The van der Waals surface area contributed by atoms with Gasteiger partial charge in [0.15, 0.2) is 0 Å². The van der Waals surface area contributed by atoms with Gasteiger partial charge < -0.3 is 0 Å². The van der Waals surface area contributed by atoms with Crippen LogP contribution >= 0.6 is 0 Å². The Bertz CT molecular complexity index is 1570. The smallest absolute Gasteiger partial charge is 0.258 e. The first-order chi connectivity index (χ1) is 18.0. The first-order valence-corrected chi connectivity index (χ1v) is 11.6. The third kappa shape index (κ3) is 5.11. The molecule has 0 fully saturated rings. The van der Waals surface area contributed by atoms with E-state index in [1.807, 2.05) is 66.7 Å². The Morgan fingerprint density at radius 1 is 0.595 bits per heavy atom. The quantitative estimate of drug-likeness (QED) is 0.175. The van der Waals surface area contributed by atoms with Crippen LogP contribution in [-0.2, 0) is 6.42 Å². The average Bonchev–Trinajstić information content (AvgIpc) is 2.94. The van der Waals surface area contributed by atoms with E-state index in [1.54, 1.807) is 24.3 Å². The second kappa shape index (κ2) is 10.2. The minimum absolute atomic E-state index is 0.0151. The maximum atomic E-state index is 11.3. The van der Waals surface area contributed by atoms with Gasteiger partial charge in [0.2, 0.25) is 0 Å². The number of nitro groups is 2. The lowest BCUT2D eigenvalue weighted by molar-refractivity contribution is -0.385. The summed E-state index contributed by atoms with van der Waals surface area (Å²) in [5, 5.41) is 22.4. The Morgan fingerprint density at radius 2 is 1.11 bits per heavy atom. The van der Waals surface area contributed by atoms with Crippen LogP contribution in [0, 0.1) is 20.2 Å². The van der Waals surface area contributed by atoms with Crippen LogP contribution < -0.4 is 0 Å². The standard InChI is InChI=1S/C30H21N3O4/c34-32(35)25-15-11-21(12-16-25)19-28-27(22-13-17-26(18-14-22)33(36)37)20-29(23-7-3-1-4-8-23)31-30(28)24-9-5-2-6-10-24/h1-18,20H,19H2. The molecule has 0 atom stereocenters. The van der Waals surface area contributed by atoms with E-state index < -0.39 is 9.85 Å². The van der Waals surface area contributed by atoms with Gasteiger partial charge in [0.05, 0.1) is 21.2 Å². The molecule has 1 heterocycles. The summed E-state index contributed by atoms with van der Waals surface area (Å²) in [7, 11) is 0. The highest BCUT2D eigenvalue weighted by atomic mass is 16.6. The van der Waals surface area contributed by atoms with Gasteiger partial charge in [0.1, 0.15) is 0 Å². The van der Waals surface area contributed by atoms with Crippen molar-refractivity contribution in [1.29, 1.82) is 0 Å². The number of rotatable bonds is 7. The first-order valence-electron chi connectivity index (χ1n) is 11.6. The van der Waals surface area contributed by atoms with E-state index in [4.69, 9.17) is 4.98 Å². The van der Waals surface area contributed by atoms with Gasteiger partial charge in [-0.25, -0.2) is 4.98 Å². The molecule has 0 saturated heterocycles. The van der Waals surface area contributed by atoms with Gasteiger partial charge >= 0.3 is 0 Å². The maximum absolute atomic E-state index is 11.3. The molecule has 0 aliphatic rings. The Kier molecular flexibility index (Phi) is 6.50. The molecule has 7 heteroatoms. The van der Waals surface area contributed by atoms with Gasteiger partial charge in [-0.3, -0.25) is 20.2 Å². The molecular formula is C30H21N3O4. The van der Waals surface area contributed by atoms with Gasteiger partial charge in [0, 0.05) is 41.8 Å². The Morgan fingerprint density at radius 3 is 1.65 bits per heavy atom. The highest BCUT2D eigenvalue weighted by molar-refractivity contribution is 5.81. The molecule has 0 amide bonds. The zero-order valence-corrected chi connectivity index (χ0v) is 19.7. The highest BCUT2D eigenvalue weighted by Crippen LogP contribution is 2.37. The topological polar surface area (TPSA) is 99.2 Å². The minimum Gasteiger partial charge on any atom is -0.258 e. The molecule has 180 valence electrons. The van der Waals surface area contributed by atoms with Crippen LogP contribution in [0.5, 0.6) is 0 Å². The molecule has 37 heavy (non-hydrogen) atoms. The van der Waals surface area contributed by atoms with Crippen molar-refractivity contribution in [2.45, 2.75) is 6.42 Å². The van der Waals surface area contributed by atoms with Crippen LogP contribution in [0.25, 0.3) is 33.6 Å². The molecular weight excluding hydrogens is 466 g/mol. The summed E-state index contributed by atoms with van der Waals surface area (Å²) in [5.74, 6) is 0. The minimum atomic E-state index is -0.419. The Hall–Kier alpha value is -5.17. The fourth-order valence-electron chi connectivity index (χ4n) is 4.30. The van der Waals surface area contributed by atoms with E-state index in [2.05, 4.69) is 0 Å². The van der Waals surface area contributed by atoms with Gasteiger partial charge in [-0.2, -0.15) is 0 Å². The summed E-state index contributed by atoms with van der Waals surface area (Å²) >= 11 is 0. The van der Waals surface area contributed by atoms with E-state index in [1.165, 1.54) is 24.3 Å². The zero-order chi connectivity index (χ0) is 25.8. The van der Waals surface area contributed by atoms with Gasteiger partial charge in [0.25, 0.3) is 11.4 Å². The predicted octanol–water partition coefficient (Wildman–Crippen LogP) is 7.49. The maximum Gasteiger partial charge on any atom is 0.269 e. The summed E-state index contributed by atoms with van der Waals surface area (Å²) in [6, 6.07) is 34.7. The molecule has 4 aromatic carbocycles. The highest BCUT2D eigenvalue weighted by Gasteiger charge is 2.18. The van der Waals surface area contributed by atoms with Crippen LogP contribution in [0.3, 0.4) is 0 Å². The fourth-order valence-corrected chi connectivity index (χ4v) is 4.30. The number of aromatic nitrogens is 1. The monoisotopic (exact) mass is 487 g/mol. The lowest BCUT2D eigenvalue weighted by Gasteiger charge is -2.18. The number of hydrogen-bond donors (Lipinski definition) is 0. The molecule has 1 aromatic heterocycles. The molecule has 5 rings (SSSR count). The molecule has 0 unspecified atom stereocenters. The van der Waals surface area contributed by atoms with Crippen molar-refractivity contribution in [1.82, 2.24) is 4.98 Å². The lowest BCUT2D eigenvalue weighted by Crippen LogP contribution is -2.01. The number of pyridine rings is 1. The largest absolute Gasteiger partial charge is 0.269 e. The van der Waals surface area contributed by atoms with Gasteiger partial charge in [-0.05, 0) is 40.5 Å². The van der Waals surface area contributed by atoms with Crippen molar-refractivity contribution >= 4 is 11.4 Å². The molecule has 0 aliphatic heterocycles. The molecule has 0 spiro atoms. The number of benzene rings is 4. The van der Waals surface area contributed by atoms with E-state index in [0.717, 1.165) is 44.8 Å². The van der Waals surface area contributed by atoms with Crippen molar-refractivity contribution in [3.05, 3.63) is 147 Å². The molecule has 7 nitrogen and oxygen atoms in total. The van der Waals surface area contributed by atoms with Crippen molar-refractivity contribution < 1.29 is 9.85 Å². The molecule has 0 aliphatic carbocycles. The molecule has 0 saturated carbocycles. The van der Waals surface area contributed by atoms with Crippen molar-refractivity contribution in [3.63, 3.8) is 0 Å². The van der Waals surface area contributed by atoms with Crippen molar-refractivity contribution in [2.75, 3.05) is 0 Å². The summed E-state index contributed by atoms with van der Waals surface area (Å²) in [4.78, 5) is 26.6. The predicted molar refractivity (Wildman–Crippen MR) is 143 cm³/mol. The second-order valence-corrected chi connectivity index (χ2v) is 8.52. The van der Waals surface area contributed by atoms with E-state index in [0.29, 0.717) is 6.42 Å². The molecule has 0 N–H and O–H groups in total. The first kappa shape index (κ1) is 23.6. The number of non-ortho nitro benzene ring substituents is 2. The summed E-state index contributed by atoms with van der Waals surface area (Å²) in [5.41, 5.74) is 7.01. The SMILES string of the molecule is O=[N+]([O-])c1ccc(Cc2c(-c3ccc([N+](=O)[O-])cc3)cc(-c3ccccc3)nc2-c2ccccc2)cc1. The fraction of sp³-hybridized carbons (Fsp3) is 0.0333. The second-order valence-electron chi connectivity index (χ2n) is 8.52. The third-order valence-electron chi connectivity index (χ3n) is 6.16. The number of nitro benzene ring substituents is 2. The number of hydrogen-bond acceptors (Lipinski definition) is 5.